The van der Waals surface area contributed by atoms with E-state index in [1.165, 1.54) is 6.42 Å². The van der Waals surface area contributed by atoms with Crippen molar-refractivity contribution in [3.05, 3.63) is 6.20 Å². The van der Waals surface area contributed by atoms with E-state index in [9.17, 15) is 4.79 Å². The average molecular weight is 417 g/mol. The number of ether oxygens (including phenoxy) is 1. The largest absolute Gasteiger partial charge is 0.394 e. The number of anilines is 3. The Hall–Kier alpha value is -2.09. The number of hydrogen-bond donors (Lipinski definition) is 3. The summed E-state index contributed by atoms with van der Waals surface area (Å²) in [6.45, 7) is 4.74. The molecule has 3 heterocycles. The van der Waals surface area contributed by atoms with Gasteiger partial charge in [-0.1, -0.05) is 0 Å². The zero-order chi connectivity index (χ0) is 20.9. The van der Waals surface area contributed by atoms with Crippen LogP contribution in [0.15, 0.2) is 6.20 Å². The van der Waals surface area contributed by atoms with Gasteiger partial charge < -0.3 is 26.0 Å². The van der Waals surface area contributed by atoms with Gasteiger partial charge in [0.25, 0.3) is 0 Å². The fourth-order valence-corrected chi connectivity index (χ4v) is 4.94. The van der Waals surface area contributed by atoms with Gasteiger partial charge in [-0.25, -0.2) is 4.98 Å². The highest BCUT2D eigenvalue weighted by Gasteiger charge is 2.30. The van der Waals surface area contributed by atoms with Gasteiger partial charge in [0.05, 0.1) is 18.0 Å². The van der Waals surface area contributed by atoms with Gasteiger partial charge in [0.15, 0.2) is 5.82 Å². The Morgan fingerprint density at radius 2 is 1.87 bits per heavy atom. The molecule has 4 rings (SSSR count). The van der Waals surface area contributed by atoms with E-state index >= 15 is 0 Å². The monoisotopic (exact) mass is 416 g/mol. The van der Waals surface area contributed by atoms with Crippen LogP contribution in [0.25, 0.3) is 0 Å². The topological polar surface area (TPSA) is 105 Å². The molecule has 166 valence electrons. The summed E-state index contributed by atoms with van der Waals surface area (Å²) in [5.41, 5.74) is 6.70. The van der Waals surface area contributed by atoms with Gasteiger partial charge in [-0.15, -0.1) is 0 Å². The molecule has 4 N–H and O–H groups in total. The highest BCUT2D eigenvalue weighted by molar-refractivity contribution is 5.79. The SMILES string of the molecule is C[C@H]1C[C@@H](Nc2ncc(N)c(NC3CCC(C(=O)N4CCCCC4)CC3)n2)CCO1. The van der Waals surface area contributed by atoms with E-state index in [1.807, 2.05) is 0 Å². The van der Waals surface area contributed by atoms with Gasteiger partial charge in [-0.2, -0.15) is 4.98 Å². The predicted octanol–water partition coefficient (Wildman–Crippen LogP) is 3.02. The summed E-state index contributed by atoms with van der Waals surface area (Å²) in [5, 5.41) is 6.94. The molecule has 0 radical (unpaired) electrons. The molecule has 1 aromatic rings. The van der Waals surface area contributed by atoms with Crippen molar-refractivity contribution >= 4 is 23.4 Å². The van der Waals surface area contributed by atoms with Crippen molar-refractivity contribution in [1.29, 1.82) is 0 Å². The lowest BCUT2D eigenvalue weighted by atomic mass is 9.85. The highest BCUT2D eigenvalue weighted by Crippen LogP contribution is 2.30. The number of nitrogens with zero attached hydrogens (tertiary/aromatic N) is 3. The molecule has 2 saturated heterocycles. The van der Waals surface area contributed by atoms with Crippen molar-refractivity contribution in [2.24, 2.45) is 5.92 Å². The van der Waals surface area contributed by atoms with Crippen molar-refractivity contribution in [2.45, 2.75) is 82.9 Å². The summed E-state index contributed by atoms with van der Waals surface area (Å²) in [4.78, 5) is 23.9. The molecule has 0 bridgehead atoms. The van der Waals surface area contributed by atoms with Gasteiger partial charge in [0.2, 0.25) is 11.9 Å². The number of nitrogens with two attached hydrogens (primary N) is 1. The van der Waals surface area contributed by atoms with E-state index in [1.54, 1.807) is 6.20 Å². The summed E-state index contributed by atoms with van der Waals surface area (Å²) in [6.07, 6.45) is 11.2. The van der Waals surface area contributed by atoms with E-state index in [4.69, 9.17) is 10.5 Å². The molecule has 2 aliphatic heterocycles. The number of rotatable bonds is 5. The number of nitrogens with one attached hydrogen (secondary N) is 2. The van der Waals surface area contributed by atoms with Gasteiger partial charge in [-0.05, 0) is 64.7 Å². The van der Waals surface area contributed by atoms with Crippen LogP contribution in [0.4, 0.5) is 17.5 Å². The fourth-order valence-electron chi connectivity index (χ4n) is 4.94. The molecule has 8 heteroatoms. The lowest BCUT2D eigenvalue weighted by Gasteiger charge is -2.34. The number of likely N-dealkylation sites (tertiary alicyclic amines) is 1. The van der Waals surface area contributed by atoms with Crippen molar-refractivity contribution in [3.63, 3.8) is 0 Å². The van der Waals surface area contributed by atoms with Gasteiger partial charge in [-0.3, -0.25) is 4.79 Å². The minimum absolute atomic E-state index is 0.177. The van der Waals surface area contributed by atoms with Crippen LogP contribution in [0, 0.1) is 5.92 Å². The zero-order valence-electron chi connectivity index (χ0n) is 18.1. The summed E-state index contributed by atoms with van der Waals surface area (Å²) < 4.78 is 5.61. The molecule has 3 aliphatic rings. The standard InChI is InChI=1S/C22H36N6O2/c1-15-13-18(9-12-30-15)26-22-24-14-19(23)20(27-22)25-17-7-5-16(6-8-17)21(29)28-10-3-2-4-11-28/h14-18H,2-13,23H2,1H3,(H2,24,25,26,27)/t15-,16?,17?,18-/m0/s1. The van der Waals surface area contributed by atoms with Crippen molar-refractivity contribution < 1.29 is 9.53 Å². The van der Waals surface area contributed by atoms with Crippen LogP contribution >= 0.6 is 0 Å². The Morgan fingerprint density at radius 3 is 2.60 bits per heavy atom. The number of piperidine rings is 1. The maximum absolute atomic E-state index is 12.8. The second kappa shape index (κ2) is 9.81. The minimum Gasteiger partial charge on any atom is -0.394 e. The minimum atomic E-state index is 0.177. The summed E-state index contributed by atoms with van der Waals surface area (Å²) in [6, 6.07) is 0.616. The maximum Gasteiger partial charge on any atom is 0.225 e. The molecule has 1 aliphatic carbocycles. The highest BCUT2D eigenvalue weighted by atomic mass is 16.5. The first kappa shape index (κ1) is 21.2. The van der Waals surface area contributed by atoms with Gasteiger partial charge >= 0.3 is 0 Å². The molecule has 1 saturated carbocycles. The van der Waals surface area contributed by atoms with E-state index in [-0.39, 0.29) is 12.0 Å². The third-order valence-corrected chi connectivity index (χ3v) is 6.72. The molecule has 8 nitrogen and oxygen atoms in total. The van der Waals surface area contributed by atoms with Crippen molar-refractivity contribution in [2.75, 3.05) is 36.1 Å². The zero-order valence-corrected chi connectivity index (χ0v) is 18.1. The van der Waals surface area contributed by atoms with Crippen LogP contribution in [0.5, 0.6) is 0 Å². The Balaban J connectivity index is 1.29. The van der Waals surface area contributed by atoms with Crippen LogP contribution in [-0.4, -0.2) is 58.7 Å². The van der Waals surface area contributed by atoms with Gasteiger partial charge in [0, 0.05) is 37.7 Å². The van der Waals surface area contributed by atoms with Crippen LogP contribution in [-0.2, 0) is 9.53 Å². The first-order valence-corrected chi connectivity index (χ1v) is 11.6. The number of hydrogen-bond acceptors (Lipinski definition) is 7. The molecule has 1 aromatic heterocycles. The Labute approximate surface area is 179 Å². The summed E-state index contributed by atoms with van der Waals surface area (Å²) >= 11 is 0. The Kier molecular flexibility index (Phi) is 6.92. The molecule has 1 amide bonds. The lowest BCUT2D eigenvalue weighted by molar-refractivity contribution is -0.137. The third kappa shape index (κ3) is 5.33. The Morgan fingerprint density at radius 1 is 1.10 bits per heavy atom. The van der Waals surface area contributed by atoms with E-state index in [0.29, 0.717) is 35.4 Å². The number of nitrogen functional groups attached to an aromatic ring is 1. The third-order valence-electron chi connectivity index (χ3n) is 6.72. The smallest absolute Gasteiger partial charge is 0.225 e. The van der Waals surface area contributed by atoms with Crippen molar-refractivity contribution in [1.82, 2.24) is 14.9 Å². The van der Waals surface area contributed by atoms with Crippen LogP contribution in [0.1, 0.15) is 64.7 Å². The number of aromatic nitrogens is 2. The second-order valence-electron chi connectivity index (χ2n) is 9.12. The molecule has 3 fully saturated rings. The molecular formula is C22H36N6O2. The molecular weight excluding hydrogens is 380 g/mol. The summed E-state index contributed by atoms with van der Waals surface area (Å²) in [7, 11) is 0. The molecule has 2 atom stereocenters. The van der Waals surface area contributed by atoms with E-state index < -0.39 is 0 Å². The summed E-state index contributed by atoms with van der Waals surface area (Å²) in [5.74, 6) is 1.85. The predicted molar refractivity (Wildman–Crippen MR) is 118 cm³/mol. The van der Waals surface area contributed by atoms with Crippen LogP contribution < -0.4 is 16.4 Å². The molecule has 30 heavy (non-hydrogen) atoms. The van der Waals surface area contributed by atoms with Crippen LogP contribution in [0.3, 0.4) is 0 Å². The number of carbonyl (C=O) groups excluding carboxylic acids is 1. The van der Waals surface area contributed by atoms with Crippen molar-refractivity contribution in [3.8, 4) is 0 Å². The van der Waals surface area contributed by atoms with Gasteiger partial charge in [0.1, 0.15) is 0 Å². The maximum atomic E-state index is 12.8. The van der Waals surface area contributed by atoms with E-state index in [0.717, 1.165) is 71.1 Å². The second-order valence-corrected chi connectivity index (χ2v) is 9.12. The lowest BCUT2D eigenvalue weighted by Crippen LogP contribution is -2.41. The first-order chi connectivity index (χ1) is 14.6. The average Bonchev–Trinajstić information content (AvgIpc) is 2.77. The first-order valence-electron chi connectivity index (χ1n) is 11.6. The molecule has 0 unspecified atom stereocenters. The number of amides is 1. The number of carbonyl (C=O) groups is 1. The Bertz CT molecular complexity index is 716. The quantitative estimate of drug-likeness (QED) is 0.677. The van der Waals surface area contributed by atoms with Crippen LogP contribution in [0.2, 0.25) is 0 Å². The molecule has 0 aromatic carbocycles. The molecule has 0 spiro atoms. The normalized spacial score (nSPS) is 30.0. The van der Waals surface area contributed by atoms with E-state index in [2.05, 4.69) is 32.4 Å². The fraction of sp³-hybridized carbons (Fsp3) is 0.773.